The van der Waals surface area contributed by atoms with Gasteiger partial charge >= 0.3 is 0 Å². The zero-order chi connectivity index (χ0) is 11.3. The molecule has 0 saturated carbocycles. The largest absolute Gasteiger partial charge is 0.347 e. The second-order valence-corrected chi connectivity index (χ2v) is 4.99. The van der Waals surface area contributed by atoms with Crippen molar-refractivity contribution in [1.29, 1.82) is 0 Å². The lowest BCUT2D eigenvalue weighted by Crippen LogP contribution is -2.44. The van der Waals surface area contributed by atoms with Crippen LogP contribution < -0.4 is 10.6 Å². The molecule has 1 rings (SSSR count). The molecule has 0 radical (unpaired) electrons. The van der Waals surface area contributed by atoms with E-state index in [2.05, 4.69) is 48.3 Å². The van der Waals surface area contributed by atoms with Gasteiger partial charge in [0.15, 0.2) is 0 Å². The van der Waals surface area contributed by atoms with Crippen molar-refractivity contribution in [3.63, 3.8) is 0 Å². The second-order valence-electron chi connectivity index (χ2n) is 4.99. The summed E-state index contributed by atoms with van der Waals surface area (Å²) in [6.45, 7) is 10.5. The lowest BCUT2D eigenvalue weighted by atomic mass is 10.1. The van der Waals surface area contributed by atoms with Gasteiger partial charge in [-0.2, -0.15) is 0 Å². The third-order valence-corrected chi connectivity index (χ3v) is 2.13. The topological polar surface area (TPSA) is 52.7 Å². The molecule has 1 heterocycles. The van der Waals surface area contributed by atoms with Crippen LogP contribution in [-0.4, -0.2) is 28.1 Å². The van der Waals surface area contributed by atoms with Crippen LogP contribution in [0.5, 0.6) is 0 Å². The van der Waals surface area contributed by atoms with Crippen LogP contribution in [0.2, 0.25) is 0 Å². The maximum atomic E-state index is 3.97. The molecule has 0 aliphatic rings. The summed E-state index contributed by atoms with van der Waals surface area (Å²) < 4.78 is 0. The zero-order valence-electron chi connectivity index (χ0n) is 10.1. The number of hydrogen-bond acceptors (Lipinski definition) is 3. The van der Waals surface area contributed by atoms with E-state index in [4.69, 9.17) is 0 Å². The minimum Gasteiger partial charge on any atom is -0.347 e. The fourth-order valence-corrected chi connectivity index (χ4v) is 1.20. The Labute approximate surface area is 91.9 Å². The van der Waals surface area contributed by atoms with E-state index in [-0.39, 0.29) is 5.54 Å². The number of rotatable bonds is 5. The predicted octanol–water partition coefficient (Wildman–Crippen LogP) is 1.28. The van der Waals surface area contributed by atoms with E-state index in [1.165, 1.54) is 0 Å². The van der Waals surface area contributed by atoms with Crippen molar-refractivity contribution in [2.75, 3.05) is 6.54 Å². The molecule has 0 aromatic carbocycles. The smallest absolute Gasteiger partial charge is 0.0922 e. The number of nitrogens with one attached hydrogen (secondary N) is 3. The highest BCUT2D eigenvalue weighted by molar-refractivity contribution is 4.93. The highest BCUT2D eigenvalue weighted by atomic mass is 15.0. The van der Waals surface area contributed by atoms with Crippen LogP contribution in [0.4, 0.5) is 0 Å². The third-order valence-electron chi connectivity index (χ3n) is 2.13. The average molecular weight is 210 g/mol. The monoisotopic (exact) mass is 210 g/mol. The van der Waals surface area contributed by atoms with E-state index in [0.29, 0.717) is 6.04 Å². The summed E-state index contributed by atoms with van der Waals surface area (Å²) >= 11 is 0. The van der Waals surface area contributed by atoms with E-state index in [1.807, 2.05) is 6.20 Å². The lowest BCUT2D eigenvalue weighted by Gasteiger charge is -2.23. The maximum absolute atomic E-state index is 3.97. The molecule has 4 nitrogen and oxygen atoms in total. The fraction of sp³-hybridized carbons (Fsp3) is 0.727. The van der Waals surface area contributed by atoms with E-state index >= 15 is 0 Å². The lowest BCUT2D eigenvalue weighted by molar-refractivity contribution is 0.387. The molecule has 0 fully saturated rings. The molecule has 0 aliphatic carbocycles. The van der Waals surface area contributed by atoms with Gasteiger partial charge in [-0.25, -0.2) is 4.98 Å². The molecular weight excluding hydrogens is 188 g/mol. The van der Waals surface area contributed by atoms with Gasteiger partial charge in [0, 0.05) is 36.6 Å². The van der Waals surface area contributed by atoms with Gasteiger partial charge in [-0.3, -0.25) is 0 Å². The summed E-state index contributed by atoms with van der Waals surface area (Å²) in [7, 11) is 0. The van der Waals surface area contributed by atoms with Gasteiger partial charge in [-0.05, 0) is 27.7 Å². The van der Waals surface area contributed by atoms with Crippen LogP contribution in [0.25, 0.3) is 0 Å². The Morgan fingerprint density at radius 1 is 1.47 bits per heavy atom. The van der Waals surface area contributed by atoms with Crippen molar-refractivity contribution >= 4 is 0 Å². The molecule has 1 atom stereocenters. The predicted molar refractivity (Wildman–Crippen MR) is 62.6 cm³/mol. The molecule has 0 spiro atoms. The first kappa shape index (κ1) is 12.2. The van der Waals surface area contributed by atoms with E-state index < -0.39 is 0 Å². The average Bonchev–Trinajstić information content (AvgIpc) is 2.62. The zero-order valence-corrected chi connectivity index (χ0v) is 10.1. The van der Waals surface area contributed by atoms with Gasteiger partial charge in [0.25, 0.3) is 0 Å². The molecule has 1 unspecified atom stereocenters. The molecule has 86 valence electrons. The second kappa shape index (κ2) is 5.28. The maximum Gasteiger partial charge on any atom is 0.0922 e. The quantitative estimate of drug-likeness (QED) is 0.686. The Kier molecular flexibility index (Phi) is 4.29. The van der Waals surface area contributed by atoms with Gasteiger partial charge in [0.1, 0.15) is 0 Å². The van der Waals surface area contributed by atoms with Crippen LogP contribution >= 0.6 is 0 Å². The van der Waals surface area contributed by atoms with Gasteiger partial charge in [0.05, 0.1) is 6.33 Å². The summed E-state index contributed by atoms with van der Waals surface area (Å²) in [5, 5.41) is 6.89. The number of imidazole rings is 1. The number of hydrogen-bond donors (Lipinski definition) is 3. The van der Waals surface area contributed by atoms with E-state index in [9.17, 15) is 0 Å². The van der Waals surface area contributed by atoms with Gasteiger partial charge < -0.3 is 15.6 Å². The SMILES string of the molecule is CC(CNC(C)(C)C)NCc1cnc[nH]1. The fourth-order valence-electron chi connectivity index (χ4n) is 1.20. The standard InChI is InChI=1S/C11H22N4/c1-9(5-15-11(2,3)4)13-7-10-6-12-8-14-10/h6,8-9,13,15H,5,7H2,1-4H3,(H,12,14). The molecule has 0 amide bonds. The third kappa shape index (κ3) is 5.54. The Balaban J connectivity index is 2.16. The summed E-state index contributed by atoms with van der Waals surface area (Å²) in [5.41, 5.74) is 1.31. The summed E-state index contributed by atoms with van der Waals surface area (Å²) in [6, 6.07) is 0.451. The van der Waals surface area contributed by atoms with Crippen molar-refractivity contribution in [2.24, 2.45) is 0 Å². The molecule has 3 N–H and O–H groups in total. The molecule has 1 aromatic rings. The Morgan fingerprint density at radius 2 is 2.20 bits per heavy atom. The molecule has 0 saturated heterocycles. The number of aromatic amines is 1. The van der Waals surface area contributed by atoms with E-state index in [0.717, 1.165) is 18.8 Å². The molecule has 0 bridgehead atoms. The van der Waals surface area contributed by atoms with Crippen LogP contribution in [-0.2, 0) is 6.54 Å². The van der Waals surface area contributed by atoms with Gasteiger partial charge in [-0.15, -0.1) is 0 Å². The first-order valence-electron chi connectivity index (χ1n) is 5.43. The van der Waals surface area contributed by atoms with Crippen molar-refractivity contribution < 1.29 is 0 Å². The minimum absolute atomic E-state index is 0.184. The van der Waals surface area contributed by atoms with E-state index in [1.54, 1.807) is 6.33 Å². The summed E-state index contributed by atoms with van der Waals surface area (Å²) in [4.78, 5) is 7.05. The summed E-state index contributed by atoms with van der Waals surface area (Å²) in [6.07, 6.45) is 3.55. The van der Waals surface area contributed by atoms with Crippen molar-refractivity contribution in [3.05, 3.63) is 18.2 Å². The number of aromatic nitrogens is 2. The highest BCUT2D eigenvalue weighted by Crippen LogP contribution is 1.98. The van der Waals surface area contributed by atoms with Crippen LogP contribution in [0.1, 0.15) is 33.4 Å². The van der Waals surface area contributed by atoms with Crippen molar-refractivity contribution in [2.45, 2.75) is 45.8 Å². The summed E-state index contributed by atoms with van der Waals surface area (Å²) in [5.74, 6) is 0. The highest BCUT2D eigenvalue weighted by Gasteiger charge is 2.10. The molecule has 0 aliphatic heterocycles. The molecule has 1 aromatic heterocycles. The van der Waals surface area contributed by atoms with Crippen molar-refractivity contribution in [1.82, 2.24) is 20.6 Å². The van der Waals surface area contributed by atoms with Crippen LogP contribution in [0.3, 0.4) is 0 Å². The molecule has 15 heavy (non-hydrogen) atoms. The van der Waals surface area contributed by atoms with Gasteiger partial charge in [-0.1, -0.05) is 0 Å². The number of H-pyrrole nitrogens is 1. The first-order chi connectivity index (χ1) is 6.97. The first-order valence-corrected chi connectivity index (χ1v) is 5.43. The molecular formula is C11H22N4. The van der Waals surface area contributed by atoms with Gasteiger partial charge in [0.2, 0.25) is 0 Å². The van der Waals surface area contributed by atoms with Crippen LogP contribution in [0, 0.1) is 0 Å². The Hall–Kier alpha value is -0.870. The number of nitrogens with zero attached hydrogens (tertiary/aromatic N) is 1. The normalized spacial score (nSPS) is 14.1. The van der Waals surface area contributed by atoms with Crippen LogP contribution in [0.15, 0.2) is 12.5 Å². The Morgan fingerprint density at radius 3 is 2.73 bits per heavy atom. The Bertz CT molecular complexity index is 261. The molecule has 4 heteroatoms. The van der Waals surface area contributed by atoms with Crippen molar-refractivity contribution in [3.8, 4) is 0 Å². The minimum atomic E-state index is 0.184.